The van der Waals surface area contributed by atoms with Gasteiger partial charge in [0.2, 0.25) is 0 Å². The first-order valence-corrected chi connectivity index (χ1v) is 7.92. The highest BCUT2D eigenvalue weighted by Gasteiger charge is 2.16. The summed E-state index contributed by atoms with van der Waals surface area (Å²) >= 11 is 0. The zero-order chi connectivity index (χ0) is 15.8. The fraction of sp³-hybridized carbons (Fsp3) is 0.647. The molecule has 0 fully saturated rings. The second-order valence-electron chi connectivity index (χ2n) is 5.86. The van der Waals surface area contributed by atoms with Crippen molar-refractivity contribution in [2.45, 2.75) is 39.2 Å². The van der Waals surface area contributed by atoms with Gasteiger partial charge in [-0.2, -0.15) is 0 Å². The maximum atomic E-state index is 14.3. The van der Waals surface area contributed by atoms with Crippen LogP contribution in [0.2, 0.25) is 0 Å². The molecule has 120 valence electrons. The van der Waals surface area contributed by atoms with Crippen molar-refractivity contribution in [3.8, 4) is 0 Å². The Balaban J connectivity index is 2.90. The normalized spacial score (nSPS) is 12.7. The summed E-state index contributed by atoms with van der Waals surface area (Å²) in [6, 6.07) is 5.42. The number of rotatable bonds is 9. The second-order valence-corrected chi connectivity index (χ2v) is 5.86. The predicted octanol–water partition coefficient (Wildman–Crippen LogP) is 2.88. The van der Waals surface area contributed by atoms with Gasteiger partial charge in [-0.3, -0.25) is 0 Å². The van der Waals surface area contributed by atoms with Gasteiger partial charge < -0.3 is 15.5 Å². The van der Waals surface area contributed by atoms with Crippen molar-refractivity contribution in [3.63, 3.8) is 0 Å². The zero-order valence-electron chi connectivity index (χ0n) is 13.9. The van der Waals surface area contributed by atoms with E-state index in [4.69, 9.17) is 5.73 Å². The Kier molecular flexibility index (Phi) is 7.68. The fourth-order valence-electron chi connectivity index (χ4n) is 2.51. The molecule has 2 N–H and O–H groups in total. The number of anilines is 1. The lowest BCUT2D eigenvalue weighted by Gasteiger charge is -2.27. The molecule has 1 aromatic carbocycles. The molecule has 0 bridgehead atoms. The van der Waals surface area contributed by atoms with Crippen molar-refractivity contribution in [1.82, 2.24) is 4.90 Å². The van der Waals surface area contributed by atoms with Crippen LogP contribution in [0.5, 0.6) is 0 Å². The monoisotopic (exact) mass is 295 g/mol. The van der Waals surface area contributed by atoms with Crippen molar-refractivity contribution < 1.29 is 4.39 Å². The van der Waals surface area contributed by atoms with Gasteiger partial charge in [-0.1, -0.05) is 19.1 Å². The van der Waals surface area contributed by atoms with Gasteiger partial charge in [-0.05, 0) is 58.5 Å². The van der Waals surface area contributed by atoms with Crippen molar-refractivity contribution >= 4 is 5.69 Å². The third-order valence-corrected chi connectivity index (χ3v) is 3.81. The van der Waals surface area contributed by atoms with E-state index >= 15 is 0 Å². The molecule has 0 saturated heterocycles. The summed E-state index contributed by atoms with van der Waals surface area (Å²) in [5, 5.41) is 0. The van der Waals surface area contributed by atoms with Gasteiger partial charge in [0.25, 0.3) is 0 Å². The van der Waals surface area contributed by atoms with Gasteiger partial charge in [0.05, 0.1) is 5.69 Å². The number of hydrogen-bond donors (Lipinski definition) is 1. The average Bonchev–Trinajstić information content (AvgIpc) is 2.44. The third kappa shape index (κ3) is 5.64. The van der Waals surface area contributed by atoms with Gasteiger partial charge in [-0.25, -0.2) is 4.39 Å². The second kappa shape index (κ2) is 9.00. The number of nitrogens with zero attached hydrogens (tertiary/aromatic N) is 2. The average molecular weight is 295 g/mol. The minimum Gasteiger partial charge on any atom is -0.369 e. The van der Waals surface area contributed by atoms with Crippen LogP contribution in [0.1, 0.15) is 32.3 Å². The molecule has 1 atom stereocenters. The van der Waals surface area contributed by atoms with E-state index in [0.29, 0.717) is 0 Å². The van der Waals surface area contributed by atoms with Crippen LogP contribution in [0.3, 0.4) is 0 Å². The van der Waals surface area contributed by atoms with E-state index in [2.05, 4.69) is 37.7 Å². The van der Waals surface area contributed by atoms with Crippen LogP contribution in [0.15, 0.2) is 18.2 Å². The van der Waals surface area contributed by atoms with E-state index in [9.17, 15) is 4.39 Å². The maximum Gasteiger partial charge on any atom is 0.146 e. The summed E-state index contributed by atoms with van der Waals surface area (Å²) in [5.74, 6) is -0.137. The molecule has 0 radical (unpaired) electrons. The van der Waals surface area contributed by atoms with E-state index in [0.717, 1.165) is 50.1 Å². The Morgan fingerprint density at radius 2 is 1.90 bits per heavy atom. The van der Waals surface area contributed by atoms with Crippen LogP contribution in [0.4, 0.5) is 10.1 Å². The molecule has 1 aromatic rings. The van der Waals surface area contributed by atoms with Crippen molar-refractivity contribution in [1.29, 1.82) is 0 Å². The van der Waals surface area contributed by atoms with Crippen molar-refractivity contribution in [2.24, 2.45) is 5.73 Å². The van der Waals surface area contributed by atoms with Crippen LogP contribution >= 0.6 is 0 Å². The first kappa shape index (κ1) is 17.9. The molecule has 4 heteroatoms. The molecule has 1 unspecified atom stereocenters. The summed E-state index contributed by atoms with van der Waals surface area (Å²) in [4.78, 5) is 4.29. The van der Waals surface area contributed by atoms with Gasteiger partial charge in [0, 0.05) is 19.1 Å². The largest absolute Gasteiger partial charge is 0.369 e. The maximum absolute atomic E-state index is 14.3. The number of para-hydroxylation sites is 1. The number of hydrogen-bond acceptors (Lipinski definition) is 3. The Labute approximate surface area is 128 Å². The quantitative estimate of drug-likeness (QED) is 0.760. The zero-order valence-corrected chi connectivity index (χ0v) is 13.9. The minimum atomic E-state index is -0.137. The Morgan fingerprint density at radius 3 is 2.48 bits per heavy atom. The summed E-state index contributed by atoms with van der Waals surface area (Å²) in [6.45, 7) is 6.82. The smallest absolute Gasteiger partial charge is 0.146 e. The highest BCUT2D eigenvalue weighted by molar-refractivity contribution is 5.55. The first-order chi connectivity index (χ1) is 9.99. The molecule has 1 rings (SSSR count). The fourth-order valence-corrected chi connectivity index (χ4v) is 2.51. The highest BCUT2D eigenvalue weighted by atomic mass is 19.1. The van der Waals surface area contributed by atoms with E-state index in [1.54, 1.807) is 12.1 Å². The Bertz CT molecular complexity index is 420. The van der Waals surface area contributed by atoms with Gasteiger partial charge in [-0.15, -0.1) is 0 Å². The van der Waals surface area contributed by atoms with E-state index in [-0.39, 0.29) is 11.9 Å². The molecular weight excluding hydrogens is 265 g/mol. The lowest BCUT2D eigenvalue weighted by molar-refractivity contribution is 0.400. The van der Waals surface area contributed by atoms with Gasteiger partial charge in [0.1, 0.15) is 5.82 Å². The highest BCUT2D eigenvalue weighted by Crippen LogP contribution is 2.26. The number of halogens is 1. The molecule has 0 aliphatic rings. The molecule has 0 spiro atoms. The standard InChI is InChI=1S/C17H30FN3/c1-5-15(19)13-14-9-7-10-16(18)17(14)21(6-2)12-8-11-20(3)4/h7,9-10,15H,5-6,8,11-13,19H2,1-4H3. The van der Waals surface area contributed by atoms with Crippen LogP contribution in [-0.4, -0.2) is 44.7 Å². The van der Waals surface area contributed by atoms with Crippen molar-refractivity contribution in [3.05, 3.63) is 29.6 Å². The van der Waals surface area contributed by atoms with Crippen LogP contribution < -0.4 is 10.6 Å². The van der Waals surface area contributed by atoms with Gasteiger partial charge >= 0.3 is 0 Å². The van der Waals surface area contributed by atoms with Crippen molar-refractivity contribution in [2.75, 3.05) is 38.6 Å². The molecule has 0 aliphatic heterocycles. The number of benzene rings is 1. The topological polar surface area (TPSA) is 32.5 Å². The molecule has 0 aromatic heterocycles. The first-order valence-electron chi connectivity index (χ1n) is 7.92. The summed E-state index contributed by atoms with van der Waals surface area (Å²) < 4.78 is 14.3. The Hall–Kier alpha value is -1.13. The lowest BCUT2D eigenvalue weighted by Crippen LogP contribution is -2.30. The lowest BCUT2D eigenvalue weighted by atomic mass is 10.0. The SMILES string of the molecule is CCC(N)Cc1cccc(F)c1N(CC)CCCN(C)C. The number of nitrogens with two attached hydrogens (primary N) is 1. The molecule has 0 amide bonds. The van der Waals surface area contributed by atoms with E-state index in [1.807, 2.05) is 6.07 Å². The minimum absolute atomic E-state index is 0.0889. The molecule has 21 heavy (non-hydrogen) atoms. The molecule has 0 aliphatic carbocycles. The summed E-state index contributed by atoms with van der Waals surface area (Å²) in [6.07, 6.45) is 2.66. The molecule has 3 nitrogen and oxygen atoms in total. The van der Waals surface area contributed by atoms with Crippen LogP contribution in [-0.2, 0) is 6.42 Å². The predicted molar refractivity (Wildman–Crippen MR) is 89.4 cm³/mol. The summed E-state index contributed by atoms with van der Waals surface area (Å²) in [7, 11) is 4.12. The van der Waals surface area contributed by atoms with Crippen LogP contribution in [0, 0.1) is 5.82 Å². The third-order valence-electron chi connectivity index (χ3n) is 3.81. The van der Waals surface area contributed by atoms with E-state index in [1.165, 1.54) is 0 Å². The van der Waals surface area contributed by atoms with Gasteiger partial charge in [0.15, 0.2) is 0 Å². The molecule has 0 saturated carbocycles. The van der Waals surface area contributed by atoms with E-state index < -0.39 is 0 Å². The van der Waals surface area contributed by atoms with Crippen LogP contribution in [0.25, 0.3) is 0 Å². The molecular formula is C17H30FN3. The molecule has 0 heterocycles. The summed E-state index contributed by atoms with van der Waals surface area (Å²) in [5.41, 5.74) is 7.82. The Morgan fingerprint density at radius 1 is 1.19 bits per heavy atom.